The van der Waals surface area contributed by atoms with Crippen LogP contribution in [-0.4, -0.2) is 60.1 Å². The minimum atomic E-state index is -1.46. The highest BCUT2D eigenvalue weighted by molar-refractivity contribution is 8.00. The molecule has 1 unspecified atom stereocenters. The molecule has 4 N–H and O–H groups in total. The zero-order valence-electron chi connectivity index (χ0n) is 17.1. The van der Waals surface area contributed by atoms with Crippen molar-refractivity contribution in [3.8, 4) is 0 Å². The summed E-state index contributed by atoms with van der Waals surface area (Å²) in [7, 11) is 0. The van der Waals surface area contributed by atoms with Crippen LogP contribution in [0, 0.1) is 0 Å². The molecule has 34 heavy (non-hydrogen) atoms. The minimum absolute atomic E-state index is 0.0741. The molecular formula is C19H15N7O5S3. The van der Waals surface area contributed by atoms with Gasteiger partial charge in [-0.15, -0.1) is 11.8 Å². The van der Waals surface area contributed by atoms with Crippen molar-refractivity contribution in [1.29, 1.82) is 0 Å². The van der Waals surface area contributed by atoms with E-state index in [0.717, 1.165) is 26.6 Å². The van der Waals surface area contributed by atoms with Gasteiger partial charge in [0.2, 0.25) is 11.5 Å². The van der Waals surface area contributed by atoms with Gasteiger partial charge in [0.05, 0.1) is 17.1 Å². The lowest BCUT2D eigenvalue weighted by atomic mass is 10.0. The zero-order chi connectivity index (χ0) is 24.0. The topological polar surface area (TPSA) is 178 Å². The van der Waals surface area contributed by atoms with Crippen LogP contribution in [0.1, 0.15) is 5.82 Å². The Morgan fingerprint density at radius 3 is 2.94 bits per heavy atom. The fraction of sp³-hybridized carbons (Fsp3) is 0.211. The third-order valence-electron chi connectivity index (χ3n) is 5.33. The van der Waals surface area contributed by atoms with Crippen molar-refractivity contribution in [3.63, 3.8) is 0 Å². The summed E-state index contributed by atoms with van der Waals surface area (Å²) in [5, 5.41) is 29.1. The zero-order valence-corrected chi connectivity index (χ0v) is 19.5. The Bertz CT molecular complexity index is 1400. The molecule has 3 aromatic rings. The Labute approximate surface area is 203 Å². The van der Waals surface area contributed by atoms with Gasteiger partial charge < -0.3 is 26.2 Å². The van der Waals surface area contributed by atoms with Crippen LogP contribution in [0.2, 0.25) is 0 Å². The third kappa shape index (κ3) is 3.66. The van der Waals surface area contributed by atoms with Crippen LogP contribution in [0.3, 0.4) is 0 Å². The first-order chi connectivity index (χ1) is 16.4. The Morgan fingerprint density at radius 2 is 2.24 bits per heavy atom. The van der Waals surface area contributed by atoms with E-state index in [2.05, 4.69) is 19.8 Å². The molecule has 174 valence electrons. The SMILES string of the molecule is Nc1nc(/C(=N/O)C(=O)NC2C(=O)N3C(C(=O)[O-])=C(C[n+]4cccc5ccsc54)CS[C@H]23)ns1. The van der Waals surface area contributed by atoms with Crippen LogP contribution in [-0.2, 0) is 20.9 Å². The Balaban J connectivity index is 1.37. The lowest BCUT2D eigenvalue weighted by molar-refractivity contribution is -0.661. The fourth-order valence-electron chi connectivity index (χ4n) is 3.85. The normalized spacial score (nSPS) is 20.3. The number of amides is 2. The number of anilines is 1. The van der Waals surface area contributed by atoms with Gasteiger partial charge >= 0.3 is 0 Å². The predicted molar refractivity (Wildman–Crippen MR) is 122 cm³/mol. The molecule has 3 aromatic heterocycles. The molecule has 2 aliphatic rings. The molecule has 0 spiro atoms. The van der Waals surface area contributed by atoms with Gasteiger partial charge in [-0.1, -0.05) is 16.5 Å². The van der Waals surface area contributed by atoms with Gasteiger partial charge in [-0.05, 0) is 17.5 Å². The van der Waals surface area contributed by atoms with E-state index >= 15 is 0 Å². The number of thiophene rings is 1. The number of hydrogen-bond donors (Lipinski definition) is 3. The smallest absolute Gasteiger partial charge is 0.278 e. The van der Waals surface area contributed by atoms with Gasteiger partial charge in [-0.3, -0.25) is 14.5 Å². The molecule has 0 aromatic carbocycles. The second-order valence-corrected chi connectivity index (χ2v) is 10.1. The number of carboxylic acids is 1. The van der Waals surface area contributed by atoms with Crippen molar-refractivity contribution in [1.82, 2.24) is 19.6 Å². The molecule has 5 rings (SSSR count). The third-order valence-corrected chi connectivity index (χ3v) is 8.18. The molecule has 0 saturated carbocycles. The molecule has 2 aliphatic heterocycles. The molecule has 12 nitrogen and oxygen atoms in total. The van der Waals surface area contributed by atoms with E-state index in [9.17, 15) is 24.7 Å². The molecule has 1 saturated heterocycles. The number of oxime groups is 1. The number of pyridine rings is 1. The fourth-order valence-corrected chi connectivity index (χ4v) is 6.49. The average Bonchev–Trinajstić information content (AvgIpc) is 3.47. The summed E-state index contributed by atoms with van der Waals surface area (Å²) in [5.74, 6) is -2.81. The van der Waals surface area contributed by atoms with Crippen molar-refractivity contribution in [2.24, 2.45) is 5.16 Å². The highest BCUT2D eigenvalue weighted by Crippen LogP contribution is 2.40. The molecule has 5 heterocycles. The van der Waals surface area contributed by atoms with Crippen molar-refractivity contribution < 1.29 is 29.3 Å². The van der Waals surface area contributed by atoms with Crippen molar-refractivity contribution >= 4 is 73.5 Å². The maximum atomic E-state index is 12.9. The number of nitrogens with two attached hydrogens (primary N) is 1. The maximum Gasteiger partial charge on any atom is 0.278 e. The number of rotatable bonds is 6. The quantitative estimate of drug-likeness (QED) is 0.120. The summed E-state index contributed by atoms with van der Waals surface area (Å²) in [6.45, 7) is 0.278. The first-order valence-electron chi connectivity index (χ1n) is 9.75. The summed E-state index contributed by atoms with van der Waals surface area (Å²) in [5.41, 5.74) is 5.34. The van der Waals surface area contributed by atoms with Crippen molar-refractivity contribution in [2.45, 2.75) is 18.0 Å². The highest BCUT2D eigenvalue weighted by Gasteiger charge is 2.53. The number of β-lactam (4-membered cyclic amide) rings is 1. The molecule has 2 atom stereocenters. The van der Waals surface area contributed by atoms with Gasteiger partial charge in [0.1, 0.15) is 11.4 Å². The number of nitrogen functional groups attached to an aromatic ring is 1. The minimum Gasteiger partial charge on any atom is -0.543 e. The van der Waals surface area contributed by atoms with Gasteiger partial charge in [0, 0.05) is 28.9 Å². The van der Waals surface area contributed by atoms with E-state index in [1.165, 1.54) is 23.1 Å². The van der Waals surface area contributed by atoms with Crippen LogP contribution >= 0.6 is 34.6 Å². The first kappa shape index (κ1) is 22.2. The Kier molecular flexibility index (Phi) is 5.66. The molecule has 0 radical (unpaired) electrons. The molecule has 0 aliphatic carbocycles. The maximum absolute atomic E-state index is 12.9. The molecule has 15 heteroatoms. The molecule has 1 fully saturated rings. The van der Waals surface area contributed by atoms with Crippen molar-refractivity contribution in [3.05, 3.63) is 46.9 Å². The van der Waals surface area contributed by atoms with E-state index in [1.807, 2.05) is 34.3 Å². The predicted octanol–water partition coefficient (Wildman–Crippen LogP) is -1.10. The number of hydrogen-bond acceptors (Lipinski definition) is 12. The second-order valence-electron chi connectivity index (χ2n) is 7.32. The number of aromatic nitrogens is 3. The Hall–Kier alpha value is -3.56. The summed E-state index contributed by atoms with van der Waals surface area (Å²) in [6.07, 6.45) is 1.85. The number of carboxylic acid groups (broad SMARTS) is 1. The monoisotopic (exact) mass is 517 g/mol. The summed E-state index contributed by atoms with van der Waals surface area (Å²) >= 11 is 3.67. The van der Waals surface area contributed by atoms with E-state index in [1.54, 1.807) is 0 Å². The van der Waals surface area contributed by atoms with Crippen LogP contribution < -0.4 is 20.7 Å². The number of nitrogens with one attached hydrogen (secondary N) is 1. The van der Waals surface area contributed by atoms with Crippen molar-refractivity contribution in [2.75, 3.05) is 11.5 Å². The number of nitrogens with zero attached hydrogens (tertiary/aromatic N) is 5. The van der Waals surface area contributed by atoms with Gasteiger partial charge in [0.15, 0.2) is 17.9 Å². The number of carbonyl (C=O) groups is 3. The van der Waals surface area contributed by atoms with Gasteiger partial charge in [-0.2, -0.15) is 13.9 Å². The molecule has 2 amide bonds. The standard InChI is InChI=1S/C19H15N7O5S3/c20-19-22-13(24-34-19)10(23-31)14(27)21-11-15(28)26-12(18(29)30)9(7-33-17(11)26)6-25-4-1-2-8-3-5-32-16(8)25/h1-5,11,17H,6-7H2,(H4-,20,21,22,24,27,29,30,31)/t11?,17-/m1/s1. The summed E-state index contributed by atoms with van der Waals surface area (Å²) < 4.78 is 5.75. The van der Waals surface area contributed by atoms with Crippen LogP contribution in [0.5, 0.6) is 0 Å². The van der Waals surface area contributed by atoms with Gasteiger partial charge in [-0.25, -0.2) is 0 Å². The lowest BCUT2D eigenvalue weighted by Gasteiger charge is -2.50. The lowest BCUT2D eigenvalue weighted by Crippen LogP contribution is -2.71. The van der Waals surface area contributed by atoms with E-state index in [-0.39, 0.29) is 23.2 Å². The summed E-state index contributed by atoms with van der Waals surface area (Å²) in [6, 6.07) is 4.79. The largest absolute Gasteiger partial charge is 0.543 e. The number of fused-ring (bicyclic) bond motifs is 2. The number of aliphatic carboxylic acids is 1. The van der Waals surface area contributed by atoms with Crippen LogP contribution in [0.25, 0.3) is 10.2 Å². The number of carbonyl (C=O) groups excluding carboxylic acids is 3. The average molecular weight is 518 g/mol. The Morgan fingerprint density at radius 1 is 1.41 bits per heavy atom. The molecule has 0 bridgehead atoms. The highest BCUT2D eigenvalue weighted by atomic mass is 32.2. The number of thioether (sulfide) groups is 1. The first-order valence-corrected chi connectivity index (χ1v) is 12.5. The molecular weight excluding hydrogens is 502 g/mol. The van der Waals surface area contributed by atoms with E-state index in [0.29, 0.717) is 11.3 Å². The van der Waals surface area contributed by atoms with E-state index in [4.69, 9.17) is 5.73 Å². The summed E-state index contributed by atoms with van der Waals surface area (Å²) in [4.78, 5) is 43.4. The van der Waals surface area contributed by atoms with Gasteiger partial charge in [0.25, 0.3) is 16.6 Å². The second kappa shape index (κ2) is 8.66. The van der Waals surface area contributed by atoms with Crippen LogP contribution in [0.4, 0.5) is 5.13 Å². The van der Waals surface area contributed by atoms with E-state index < -0.39 is 34.9 Å². The van der Waals surface area contributed by atoms with Crippen LogP contribution in [0.15, 0.2) is 46.2 Å².